The molecule has 0 saturated heterocycles. The van der Waals surface area contributed by atoms with Gasteiger partial charge in [0.25, 0.3) is 0 Å². The fraction of sp³-hybridized carbons (Fsp3) is 1.00. The molecule has 36 radical (unpaired) electrons. The van der Waals surface area contributed by atoms with Gasteiger partial charge in [-0.05, 0) is 275 Å². The fourth-order valence-corrected chi connectivity index (χ4v) is 91.8. The van der Waals surface area contributed by atoms with Crippen molar-refractivity contribution in [1.29, 1.82) is 0 Å². The van der Waals surface area contributed by atoms with Crippen molar-refractivity contribution in [2.45, 2.75) is 275 Å². The summed E-state index contributed by atoms with van der Waals surface area (Å²) in [4.78, 5) is 0. The van der Waals surface area contributed by atoms with Gasteiger partial charge < -0.3 is 152 Å². The zero-order chi connectivity index (χ0) is 89.9. The lowest BCUT2D eigenvalue weighted by molar-refractivity contribution is 0.297. The van der Waals surface area contributed by atoms with Crippen molar-refractivity contribution >= 4 is 351 Å². The summed E-state index contributed by atoms with van der Waals surface area (Å²) in [5.74, 6) is 0. The summed E-state index contributed by atoms with van der Waals surface area (Å²) >= 11 is 0. The van der Waals surface area contributed by atoms with Crippen molar-refractivity contribution in [3.8, 4) is 0 Å². The van der Waals surface area contributed by atoms with E-state index in [9.17, 15) is 0 Å². The summed E-state index contributed by atoms with van der Waals surface area (Å²) < 4.78 is 228. The van der Waals surface area contributed by atoms with E-state index in [4.69, 9.17) is 152 Å². The van der Waals surface area contributed by atoms with E-state index in [1.807, 2.05) is 236 Å². The van der Waals surface area contributed by atoms with E-state index in [1.54, 1.807) is 0 Å². The zero-order valence-corrected chi connectivity index (χ0v) is 114. The predicted octanol–water partition coefficient (Wildman–Crippen LogP) is 7.52. The van der Waals surface area contributed by atoms with Crippen LogP contribution in [0.4, 0.5) is 0 Å². The van der Waals surface area contributed by atoms with Crippen LogP contribution in [-0.2, 0) is 152 Å². The lowest BCUT2D eigenvalue weighted by Crippen LogP contribution is -2.44. The average Bonchev–Trinajstić information content (AvgIpc) is 0.929. The van der Waals surface area contributed by atoms with Gasteiger partial charge in [-0.2, -0.15) is 0 Å². The van der Waals surface area contributed by atoms with Gasteiger partial charge in [-0.1, -0.05) is 0 Å². The molecule has 0 N–H and O–H groups in total. The molecule has 0 heterocycles. The second kappa shape index (κ2) is 67.9. The highest BCUT2D eigenvalue weighted by Crippen LogP contribution is 2.16. The van der Waals surface area contributed by atoms with Crippen LogP contribution in [0.1, 0.15) is 0 Å². The zero-order valence-electron chi connectivity index (χ0n) is 76.1. The Bertz CT molecular complexity index is 2270. The first-order chi connectivity index (χ1) is 53.9. The van der Waals surface area contributed by atoms with Crippen LogP contribution in [-0.4, -0.2) is 351 Å². The van der Waals surface area contributed by atoms with E-state index in [0.29, 0.717) is 0 Å². The molecule has 37 nitrogen and oxygen atoms in total. The third-order valence-electron chi connectivity index (χ3n) is 11.0. The van der Waals surface area contributed by atoms with Crippen molar-refractivity contribution in [3.63, 3.8) is 0 Å². The van der Waals surface area contributed by atoms with Gasteiger partial charge >= 0.3 is 334 Å². The van der Waals surface area contributed by atoms with Crippen LogP contribution in [0.3, 0.4) is 0 Å². The molecule has 0 bridgehead atoms. The van der Waals surface area contributed by atoms with Crippen molar-refractivity contribution < 1.29 is 152 Å². The molecule has 0 aromatic heterocycles. The highest BCUT2D eigenvalue weighted by atomic mass is 28.5. The Hall–Kier alpha value is 6.76. The Balaban J connectivity index is 4.56. The standard InChI is InChI=1S/C42H126O37Si38/c1-80(44-82(3)46-84(5)48-86(7)50-88(9)52-90(11)54-92(13)56-94(15)58-96(17)60-98(19)62-100(21)64-102(23)66-104(25)68-106(27)70-108(29)72-110(31)74-112(33)76-114(35)78-116(37,38)39)43-81(2)45-83(4)47-85(6)49-87(8)51-89(10)53-91(12)55-93(14)57-95(16)59-97(18)61-99(20)63-101(22)65-103(24)67-105(26)69-107(28)71-109(30)73-111(32)75-113(34)77-115(36)79-117(40,41)42/h1-42H3. The molecule has 0 aliphatic rings. The Labute approximate surface area is 770 Å². The van der Waals surface area contributed by atoms with Crippen LogP contribution < -0.4 is 0 Å². The van der Waals surface area contributed by atoms with Crippen molar-refractivity contribution in [3.05, 3.63) is 0 Å². The van der Waals surface area contributed by atoms with Crippen molar-refractivity contribution in [1.82, 2.24) is 0 Å². The molecular formula is C42H126O37Si38. The van der Waals surface area contributed by atoms with Crippen LogP contribution >= 0.6 is 0 Å². The lowest BCUT2D eigenvalue weighted by Gasteiger charge is -2.26. The quantitative estimate of drug-likeness (QED) is 0.0531. The molecule has 0 rings (SSSR count). The summed E-state index contributed by atoms with van der Waals surface area (Å²) in [5.41, 5.74) is 0. The molecule has 0 aromatic carbocycles. The van der Waals surface area contributed by atoms with Crippen LogP contribution in [0, 0.1) is 0 Å². The van der Waals surface area contributed by atoms with Gasteiger partial charge in [0.05, 0.1) is 0 Å². The largest absolute Gasteiger partial charge is 0.436 e. The van der Waals surface area contributed by atoms with E-state index in [0.717, 1.165) is 0 Å². The maximum Gasteiger partial charge on any atom is 0.362 e. The highest BCUT2D eigenvalue weighted by molar-refractivity contribution is 6.81. The van der Waals surface area contributed by atoms with Gasteiger partial charge in [0.15, 0.2) is 16.6 Å². The molecule has 0 aliphatic heterocycles. The van der Waals surface area contributed by atoms with Gasteiger partial charge in [0, 0.05) is 0 Å². The normalized spacial score (nSPS) is 14.0. The topological polar surface area (TPSA) is 342 Å². The minimum atomic E-state index is -1.71. The molecule has 117 heavy (non-hydrogen) atoms. The smallest absolute Gasteiger partial charge is 0.362 e. The van der Waals surface area contributed by atoms with Gasteiger partial charge in [-0.15, -0.1) is 0 Å². The number of hydrogen-bond donors (Lipinski definition) is 0. The summed E-state index contributed by atoms with van der Waals surface area (Å²) in [6.45, 7) is 82.7. The van der Waals surface area contributed by atoms with Crippen LogP contribution in [0.2, 0.25) is 275 Å². The molecule has 0 aliphatic carbocycles. The molecule has 668 valence electrons. The molecular weight excluding hydrogens is 2160 g/mol. The first-order valence-corrected chi connectivity index (χ1v) is 108. The van der Waals surface area contributed by atoms with E-state index in [-0.39, 0.29) is 0 Å². The predicted molar refractivity (Wildman–Crippen MR) is 505 cm³/mol. The van der Waals surface area contributed by atoms with E-state index in [1.165, 1.54) is 0 Å². The Kier molecular flexibility index (Phi) is 71.8. The van der Waals surface area contributed by atoms with Gasteiger partial charge in [-0.25, -0.2) is 0 Å². The minimum absolute atomic E-state index is 1.37. The Morgan fingerprint density at radius 2 is 0.128 bits per heavy atom. The van der Waals surface area contributed by atoms with Gasteiger partial charge in [0.1, 0.15) is 0 Å². The lowest BCUT2D eigenvalue weighted by atomic mass is 11.8. The molecule has 0 aromatic rings. The van der Waals surface area contributed by atoms with E-state index < -0.39 is 351 Å². The molecule has 0 amide bonds. The summed E-state index contributed by atoms with van der Waals surface area (Å²) in [6.07, 6.45) is 0. The first kappa shape index (κ1) is 124. The monoisotopic (exact) mass is 2290 g/mol. The molecule has 0 fully saturated rings. The molecule has 0 saturated carbocycles. The fourth-order valence-electron chi connectivity index (χ4n) is 8.70. The number of hydrogen-bond acceptors (Lipinski definition) is 37. The molecule has 0 unspecified atom stereocenters. The van der Waals surface area contributed by atoms with Crippen LogP contribution in [0.15, 0.2) is 0 Å². The maximum atomic E-state index is 6.22. The Morgan fingerprint density at radius 1 is 0.0855 bits per heavy atom. The summed E-state index contributed by atoms with van der Waals surface area (Å²) in [6, 6.07) is 0. The SMILES string of the molecule is C[Si](O[Si](C)O[Si](C)O[Si](C)O[Si](C)O[Si](C)O[Si](C)O[Si](C)O[Si](C)O[Si](C)O[Si](C)O[Si](C)O[Si](C)O[Si](C)O[Si](C)O[Si](C)O[Si](C)O[Si](C)O[Si](C)O[Si](C)(C)C)O[Si](C)O[Si](C)O[Si](C)O[Si](C)O[Si](C)O[Si](C)O[Si](C)O[Si](C)O[Si](C)O[Si](C)O[Si](C)O[Si](C)O[Si](C)O[Si](C)O[Si](C)O[Si](C)O[Si](C)O[Si](C)(C)C. The van der Waals surface area contributed by atoms with Gasteiger partial charge in [0.2, 0.25) is 0 Å². The highest BCUT2D eigenvalue weighted by Gasteiger charge is 2.38. The summed E-state index contributed by atoms with van der Waals surface area (Å²) in [5, 5.41) is 0. The molecule has 0 atom stereocenters. The second-order valence-corrected chi connectivity index (χ2v) is 99.8. The molecule has 0 spiro atoms. The van der Waals surface area contributed by atoms with Crippen LogP contribution in [0.5, 0.6) is 0 Å². The van der Waals surface area contributed by atoms with Crippen LogP contribution in [0.25, 0.3) is 0 Å². The minimum Gasteiger partial charge on any atom is -0.436 e. The summed E-state index contributed by atoms with van der Waals surface area (Å²) in [7, 11) is -62.8. The third kappa shape index (κ3) is 72.9. The third-order valence-corrected chi connectivity index (χ3v) is 98.6. The Morgan fingerprint density at radius 3 is 0.171 bits per heavy atom. The molecule has 75 heteroatoms. The van der Waals surface area contributed by atoms with E-state index in [2.05, 4.69) is 39.3 Å². The number of rotatable bonds is 74. The average molecular weight is 2290 g/mol. The maximum absolute atomic E-state index is 6.22. The van der Waals surface area contributed by atoms with E-state index >= 15 is 0 Å². The first-order valence-electron chi connectivity index (χ1n) is 36.1. The van der Waals surface area contributed by atoms with Crippen molar-refractivity contribution in [2.75, 3.05) is 0 Å². The van der Waals surface area contributed by atoms with Gasteiger partial charge in [-0.3, -0.25) is 0 Å². The van der Waals surface area contributed by atoms with Crippen molar-refractivity contribution in [2.24, 2.45) is 0 Å². The second-order valence-electron chi connectivity index (χ2n) is 25.7.